The molecule has 0 radical (unpaired) electrons. The van der Waals surface area contributed by atoms with Gasteiger partial charge in [0.05, 0.1) is 17.9 Å². The first-order valence-electron chi connectivity index (χ1n) is 9.61. The molecule has 0 aromatic carbocycles. The summed E-state index contributed by atoms with van der Waals surface area (Å²) in [7, 11) is 5.34. The Labute approximate surface area is 160 Å². The average Bonchev–Trinajstić information content (AvgIpc) is 3.09. The summed E-state index contributed by atoms with van der Waals surface area (Å²) in [5.74, 6) is 0.886. The van der Waals surface area contributed by atoms with Crippen molar-refractivity contribution >= 4 is 17.8 Å². The molecule has 148 valence electrons. The molecule has 1 aliphatic heterocycles. The lowest BCUT2D eigenvalue weighted by Crippen LogP contribution is -2.37. The molecule has 1 aromatic heterocycles. The quantitative estimate of drug-likeness (QED) is 0.717. The molecule has 2 heterocycles. The summed E-state index contributed by atoms with van der Waals surface area (Å²) in [6.07, 6.45) is 5.57. The number of carbonyl (C=O) groups is 2. The predicted octanol–water partition coefficient (Wildman–Crippen LogP) is 1.03. The van der Waals surface area contributed by atoms with Crippen molar-refractivity contribution in [2.75, 3.05) is 52.3 Å². The van der Waals surface area contributed by atoms with Gasteiger partial charge in [-0.2, -0.15) is 0 Å². The van der Waals surface area contributed by atoms with Crippen molar-refractivity contribution in [2.24, 2.45) is 5.92 Å². The predicted molar refractivity (Wildman–Crippen MR) is 102 cm³/mol. The highest BCUT2D eigenvalue weighted by Crippen LogP contribution is 2.34. The summed E-state index contributed by atoms with van der Waals surface area (Å²) >= 11 is 0. The van der Waals surface area contributed by atoms with Gasteiger partial charge in [-0.25, -0.2) is 9.97 Å². The topological polar surface area (TPSA) is 87.7 Å². The lowest BCUT2D eigenvalue weighted by Gasteiger charge is -2.29. The van der Waals surface area contributed by atoms with Crippen LogP contribution in [0.4, 0.5) is 5.95 Å². The molecule has 1 saturated heterocycles. The van der Waals surface area contributed by atoms with Crippen LogP contribution in [0.3, 0.4) is 0 Å². The minimum Gasteiger partial charge on any atom is -0.383 e. The number of methoxy groups -OCH3 is 1. The zero-order valence-electron chi connectivity index (χ0n) is 16.4. The van der Waals surface area contributed by atoms with E-state index in [-0.39, 0.29) is 23.7 Å². The van der Waals surface area contributed by atoms with Gasteiger partial charge in [0.2, 0.25) is 11.9 Å². The number of carbonyl (C=O) groups excluding carboxylic acids is 2. The van der Waals surface area contributed by atoms with Gasteiger partial charge in [0.25, 0.3) is 5.91 Å². The molecule has 2 fully saturated rings. The monoisotopic (exact) mass is 375 g/mol. The molecule has 2 aliphatic rings. The van der Waals surface area contributed by atoms with Crippen molar-refractivity contribution in [3.8, 4) is 0 Å². The number of rotatable bonds is 7. The third kappa shape index (κ3) is 4.37. The van der Waals surface area contributed by atoms with Gasteiger partial charge in [-0.3, -0.25) is 9.59 Å². The van der Waals surface area contributed by atoms with E-state index in [4.69, 9.17) is 4.74 Å². The Kier molecular flexibility index (Phi) is 6.26. The maximum Gasteiger partial charge on any atom is 0.254 e. The molecule has 1 aliphatic carbocycles. The van der Waals surface area contributed by atoms with E-state index in [0.717, 1.165) is 37.9 Å². The molecule has 0 spiro atoms. The zero-order valence-corrected chi connectivity index (χ0v) is 16.4. The first-order valence-corrected chi connectivity index (χ1v) is 9.61. The summed E-state index contributed by atoms with van der Waals surface area (Å²) in [5, 5.41) is 2.84. The molecule has 3 rings (SSSR count). The molecular formula is C19H29N5O3. The van der Waals surface area contributed by atoms with E-state index in [0.29, 0.717) is 31.2 Å². The van der Waals surface area contributed by atoms with Crippen LogP contribution in [0.1, 0.15) is 47.7 Å². The Bertz CT molecular complexity index is 690. The molecule has 2 amide bonds. The van der Waals surface area contributed by atoms with Crippen LogP contribution >= 0.6 is 0 Å². The first-order chi connectivity index (χ1) is 13.0. The maximum absolute atomic E-state index is 12.6. The summed E-state index contributed by atoms with van der Waals surface area (Å²) in [5.41, 5.74) is 1.21. The third-order valence-corrected chi connectivity index (χ3v) is 5.38. The molecule has 8 heteroatoms. The van der Waals surface area contributed by atoms with E-state index in [1.807, 2.05) is 23.9 Å². The highest BCUT2D eigenvalue weighted by atomic mass is 16.5. The smallest absolute Gasteiger partial charge is 0.254 e. The van der Waals surface area contributed by atoms with E-state index in [2.05, 4.69) is 15.3 Å². The lowest BCUT2D eigenvalue weighted by molar-refractivity contribution is -0.137. The molecule has 1 saturated carbocycles. The molecule has 8 nitrogen and oxygen atoms in total. The normalized spacial score (nSPS) is 19.7. The van der Waals surface area contributed by atoms with Crippen molar-refractivity contribution in [1.82, 2.24) is 20.2 Å². The second-order valence-corrected chi connectivity index (χ2v) is 7.51. The molecule has 1 atom stereocenters. The van der Waals surface area contributed by atoms with Crippen LogP contribution in [-0.2, 0) is 9.53 Å². The van der Waals surface area contributed by atoms with Crippen LogP contribution < -0.4 is 10.2 Å². The first kappa shape index (κ1) is 19.5. The van der Waals surface area contributed by atoms with E-state index in [1.54, 1.807) is 13.3 Å². The number of anilines is 1. The molecule has 27 heavy (non-hydrogen) atoms. The van der Waals surface area contributed by atoms with E-state index >= 15 is 0 Å². The fourth-order valence-corrected chi connectivity index (χ4v) is 3.55. The van der Waals surface area contributed by atoms with Crippen molar-refractivity contribution in [3.63, 3.8) is 0 Å². The standard InChI is InChI=1S/C19H29N5O3/c1-23(2)19-21-11-15(17(25)20-8-10-27-3)16(22-19)14-7-9-24(12-14)18(26)13-5-4-6-13/h11,13-14H,4-10,12H2,1-3H3,(H,20,25). The van der Waals surface area contributed by atoms with Crippen molar-refractivity contribution in [3.05, 3.63) is 17.5 Å². The Morgan fingerprint density at radius 2 is 2.11 bits per heavy atom. The highest BCUT2D eigenvalue weighted by molar-refractivity contribution is 5.95. The van der Waals surface area contributed by atoms with E-state index < -0.39 is 0 Å². The highest BCUT2D eigenvalue weighted by Gasteiger charge is 2.36. The lowest BCUT2D eigenvalue weighted by atomic mass is 9.84. The van der Waals surface area contributed by atoms with Crippen molar-refractivity contribution < 1.29 is 14.3 Å². The van der Waals surface area contributed by atoms with Crippen LogP contribution in [0.2, 0.25) is 0 Å². The summed E-state index contributed by atoms with van der Waals surface area (Å²) < 4.78 is 4.99. The van der Waals surface area contributed by atoms with Crippen LogP contribution in [-0.4, -0.2) is 74.1 Å². The maximum atomic E-state index is 12.6. The minimum absolute atomic E-state index is 0.0545. The Morgan fingerprint density at radius 1 is 1.33 bits per heavy atom. The third-order valence-electron chi connectivity index (χ3n) is 5.38. The molecule has 1 N–H and O–H groups in total. The van der Waals surface area contributed by atoms with Gasteiger partial charge in [0.1, 0.15) is 0 Å². The number of hydrogen-bond acceptors (Lipinski definition) is 6. The number of nitrogens with one attached hydrogen (secondary N) is 1. The number of amides is 2. The Morgan fingerprint density at radius 3 is 2.74 bits per heavy atom. The number of nitrogens with zero attached hydrogens (tertiary/aromatic N) is 4. The second-order valence-electron chi connectivity index (χ2n) is 7.51. The summed E-state index contributed by atoms with van der Waals surface area (Å²) in [6, 6.07) is 0. The number of hydrogen-bond donors (Lipinski definition) is 1. The molecule has 0 bridgehead atoms. The van der Waals surface area contributed by atoms with Gasteiger partial charge in [-0.05, 0) is 19.3 Å². The van der Waals surface area contributed by atoms with Gasteiger partial charge in [-0.15, -0.1) is 0 Å². The molecule has 1 unspecified atom stereocenters. The Hall–Kier alpha value is -2.22. The summed E-state index contributed by atoms with van der Waals surface area (Å²) in [6.45, 7) is 2.23. The van der Waals surface area contributed by atoms with Gasteiger partial charge < -0.3 is 19.9 Å². The van der Waals surface area contributed by atoms with Gasteiger partial charge >= 0.3 is 0 Å². The van der Waals surface area contributed by atoms with Crippen LogP contribution in [0, 0.1) is 5.92 Å². The number of ether oxygens (including phenoxy) is 1. The fraction of sp³-hybridized carbons (Fsp3) is 0.684. The summed E-state index contributed by atoms with van der Waals surface area (Å²) in [4.78, 5) is 37.9. The average molecular weight is 375 g/mol. The second kappa shape index (κ2) is 8.65. The minimum atomic E-state index is -0.198. The van der Waals surface area contributed by atoms with E-state index in [1.165, 1.54) is 0 Å². The van der Waals surface area contributed by atoms with Gasteiger partial charge in [-0.1, -0.05) is 6.42 Å². The van der Waals surface area contributed by atoms with E-state index in [9.17, 15) is 9.59 Å². The SMILES string of the molecule is COCCNC(=O)c1cnc(N(C)C)nc1C1CCN(C(=O)C2CCC2)C1. The fourth-order valence-electron chi connectivity index (χ4n) is 3.55. The van der Waals surface area contributed by atoms with Gasteiger partial charge in [0, 0.05) is 58.9 Å². The van der Waals surface area contributed by atoms with Crippen LogP contribution in [0.5, 0.6) is 0 Å². The van der Waals surface area contributed by atoms with Crippen molar-refractivity contribution in [1.29, 1.82) is 0 Å². The van der Waals surface area contributed by atoms with Crippen LogP contribution in [0.25, 0.3) is 0 Å². The number of likely N-dealkylation sites (tertiary alicyclic amines) is 1. The zero-order chi connectivity index (χ0) is 19.4. The van der Waals surface area contributed by atoms with Gasteiger partial charge in [0.15, 0.2) is 0 Å². The van der Waals surface area contributed by atoms with Crippen molar-refractivity contribution in [2.45, 2.75) is 31.6 Å². The number of aromatic nitrogens is 2. The molecular weight excluding hydrogens is 346 g/mol. The Balaban J connectivity index is 1.78. The largest absolute Gasteiger partial charge is 0.383 e. The molecule has 1 aromatic rings. The van der Waals surface area contributed by atoms with Crippen LogP contribution in [0.15, 0.2) is 6.20 Å².